The SMILES string of the molecule is [B]P(C)O[C@H](C=C)[C@@H](C)[C@H](C)C(=O)N(C)OC. The number of hydroxylamine groups is 2. The first-order valence-corrected chi connectivity index (χ1v) is 7.22. The fourth-order valence-electron chi connectivity index (χ4n) is 1.43. The first-order valence-electron chi connectivity index (χ1n) is 5.44. The molecule has 96 valence electrons. The summed E-state index contributed by atoms with van der Waals surface area (Å²) in [6, 6.07) is 0. The van der Waals surface area contributed by atoms with Crippen LogP contribution in [0, 0.1) is 11.8 Å². The van der Waals surface area contributed by atoms with Crippen molar-refractivity contribution < 1.29 is 14.2 Å². The van der Waals surface area contributed by atoms with Crippen LogP contribution in [-0.4, -0.2) is 45.5 Å². The van der Waals surface area contributed by atoms with Gasteiger partial charge < -0.3 is 4.52 Å². The fraction of sp³-hybridized carbons (Fsp3) is 0.727. The molecular formula is C11H21BNO3P. The smallest absolute Gasteiger partial charge is 0.249 e. The second-order valence-electron chi connectivity index (χ2n) is 4.02. The van der Waals surface area contributed by atoms with E-state index in [-0.39, 0.29) is 23.8 Å². The van der Waals surface area contributed by atoms with E-state index in [0.29, 0.717) is 0 Å². The molecule has 0 aliphatic heterocycles. The van der Waals surface area contributed by atoms with Gasteiger partial charge in [-0.15, -0.1) is 6.58 Å². The van der Waals surface area contributed by atoms with Crippen LogP contribution in [0.1, 0.15) is 13.8 Å². The van der Waals surface area contributed by atoms with E-state index in [1.54, 1.807) is 13.1 Å². The summed E-state index contributed by atoms with van der Waals surface area (Å²) in [5.74, 6) is -0.322. The van der Waals surface area contributed by atoms with Crippen molar-refractivity contribution >= 4 is 21.5 Å². The van der Waals surface area contributed by atoms with E-state index in [9.17, 15) is 4.79 Å². The number of carbonyl (C=O) groups excluding carboxylic acids is 1. The van der Waals surface area contributed by atoms with Crippen molar-refractivity contribution in [1.29, 1.82) is 0 Å². The van der Waals surface area contributed by atoms with E-state index >= 15 is 0 Å². The van der Waals surface area contributed by atoms with Crippen LogP contribution in [-0.2, 0) is 14.2 Å². The highest BCUT2D eigenvalue weighted by Gasteiger charge is 2.29. The van der Waals surface area contributed by atoms with Crippen molar-refractivity contribution in [2.24, 2.45) is 11.8 Å². The minimum atomic E-state index is -0.969. The third kappa shape index (κ3) is 5.20. The van der Waals surface area contributed by atoms with Gasteiger partial charge in [0.15, 0.2) is 0 Å². The van der Waals surface area contributed by atoms with Crippen molar-refractivity contribution in [1.82, 2.24) is 5.06 Å². The second-order valence-corrected chi connectivity index (χ2v) is 5.32. The molecule has 0 heterocycles. The molecule has 0 fully saturated rings. The third-order valence-electron chi connectivity index (χ3n) is 2.80. The molecule has 0 saturated carbocycles. The predicted molar refractivity (Wildman–Crippen MR) is 71.8 cm³/mol. The average Bonchev–Trinajstić information content (AvgIpc) is 2.31. The van der Waals surface area contributed by atoms with Gasteiger partial charge in [-0.3, -0.25) is 9.63 Å². The molecular weight excluding hydrogens is 236 g/mol. The summed E-state index contributed by atoms with van der Waals surface area (Å²) in [5, 5.41) is 1.22. The van der Waals surface area contributed by atoms with Gasteiger partial charge in [0.1, 0.15) is 7.57 Å². The Bertz CT molecular complexity index is 263. The van der Waals surface area contributed by atoms with Crippen LogP contribution in [0.15, 0.2) is 12.7 Å². The van der Waals surface area contributed by atoms with Crippen LogP contribution >= 0.6 is 8.03 Å². The fourth-order valence-corrected chi connectivity index (χ4v) is 2.09. The Kier molecular flexibility index (Phi) is 7.68. The molecule has 0 spiro atoms. The number of amides is 1. The highest BCUT2D eigenvalue weighted by Crippen LogP contribution is 2.32. The number of rotatable bonds is 7. The third-order valence-corrected chi connectivity index (χ3v) is 3.38. The molecule has 0 saturated heterocycles. The Morgan fingerprint density at radius 1 is 1.53 bits per heavy atom. The Morgan fingerprint density at radius 3 is 2.41 bits per heavy atom. The maximum absolute atomic E-state index is 11.9. The van der Waals surface area contributed by atoms with Gasteiger partial charge in [-0.1, -0.05) is 19.9 Å². The van der Waals surface area contributed by atoms with Crippen molar-refractivity contribution in [3.05, 3.63) is 12.7 Å². The highest BCUT2D eigenvalue weighted by atomic mass is 31.1. The van der Waals surface area contributed by atoms with Crippen LogP contribution in [0.3, 0.4) is 0 Å². The van der Waals surface area contributed by atoms with E-state index in [4.69, 9.17) is 16.9 Å². The summed E-state index contributed by atoms with van der Waals surface area (Å²) < 4.78 is 5.56. The zero-order chi connectivity index (χ0) is 13.6. The number of hydrogen-bond donors (Lipinski definition) is 0. The lowest BCUT2D eigenvalue weighted by Crippen LogP contribution is -2.37. The molecule has 4 atom stereocenters. The van der Waals surface area contributed by atoms with E-state index < -0.39 is 8.03 Å². The predicted octanol–water partition coefficient (Wildman–Crippen LogP) is 1.96. The molecule has 0 rings (SSSR count). The van der Waals surface area contributed by atoms with Gasteiger partial charge in [0.25, 0.3) is 0 Å². The molecule has 2 radical (unpaired) electrons. The first kappa shape index (κ1) is 16.6. The summed E-state index contributed by atoms with van der Waals surface area (Å²) in [5.41, 5.74) is 0. The minimum absolute atomic E-state index is 0.00824. The van der Waals surface area contributed by atoms with Gasteiger partial charge in [-0.05, 0) is 20.6 Å². The van der Waals surface area contributed by atoms with Crippen LogP contribution < -0.4 is 0 Å². The van der Waals surface area contributed by atoms with E-state index in [0.717, 1.165) is 0 Å². The largest absolute Gasteiger partial charge is 0.363 e. The zero-order valence-corrected chi connectivity index (χ0v) is 12.1. The molecule has 4 nitrogen and oxygen atoms in total. The van der Waals surface area contributed by atoms with E-state index in [1.807, 2.05) is 20.5 Å². The highest BCUT2D eigenvalue weighted by molar-refractivity contribution is 7.77. The normalized spacial score (nSPS) is 17.9. The van der Waals surface area contributed by atoms with Crippen LogP contribution in [0.25, 0.3) is 0 Å². The maximum Gasteiger partial charge on any atom is 0.249 e. The average molecular weight is 257 g/mol. The number of carbonyl (C=O) groups is 1. The van der Waals surface area contributed by atoms with E-state index in [1.165, 1.54) is 12.2 Å². The van der Waals surface area contributed by atoms with Crippen molar-refractivity contribution in [2.75, 3.05) is 20.8 Å². The molecule has 1 amide bonds. The Hall–Kier alpha value is -0.375. The van der Waals surface area contributed by atoms with Crippen LogP contribution in [0.5, 0.6) is 0 Å². The lowest BCUT2D eigenvalue weighted by atomic mass is 9.90. The molecule has 0 aliphatic carbocycles. The van der Waals surface area contributed by atoms with Crippen molar-refractivity contribution in [3.63, 3.8) is 0 Å². The number of nitrogens with zero attached hydrogens (tertiary/aromatic N) is 1. The van der Waals surface area contributed by atoms with Crippen LogP contribution in [0.4, 0.5) is 0 Å². The quantitative estimate of drug-likeness (QED) is 0.303. The Balaban J connectivity index is 4.59. The summed E-state index contributed by atoms with van der Waals surface area (Å²) in [6.07, 6.45) is 1.47. The van der Waals surface area contributed by atoms with Gasteiger partial charge in [-0.25, -0.2) is 5.06 Å². The van der Waals surface area contributed by atoms with Gasteiger partial charge in [0, 0.05) is 13.0 Å². The molecule has 0 aromatic heterocycles. The van der Waals surface area contributed by atoms with Gasteiger partial charge >= 0.3 is 0 Å². The van der Waals surface area contributed by atoms with Gasteiger partial charge in [0.05, 0.1) is 13.2 Å². The lowest BCUT2D eigenvalue weighted by molar-refractivity contribution is -0.175. The van der Waals surface area contributed by atoms with E-state index in [2.05, 4.69) is 6.58 Å². The molecule has 0 aromatic carbocycles. The van der Waals surface area contributed by atoms with Gasteiger partial charge in [0.2, 0.25) is 5.91 Å². The summed E-state index contributed by atoms with van der Waals surface area (Å²) in [7, 11) is 7.72. The first-order chi connectivity index (χ1) is 7.84. The summed E-state index contributed by atoms with van der Waals surface area (Å²) >= 11 is 0. The van der Waals surface area contributed by atoms with Crippen molar-refractivity contribution in [3.8, 4) is 0 Å². The molecule has 0 N–H and O–H groups in total. The van der Waals surface area contributed by atoms with Gasteiger partial charge in [-0.2, -0.15) is 0 Å². The Morgan fingerprint density at radius 2 is 2.06 bits per heavy atom. The molecule has 6 heteroatoms. The zero-order valence-electron chi connectivity index (χ0n) is 11.2. The standard InChI is InChI=1S/C11H21BNO3P/c1-7-10(16-17(6)12)8(2)9(3)11(14)13(4)15-5/h7-10H,1H2,2-6H3/t8-,9-,10+,17?/m0/s1. The second kappa shape index (κ2) is 7.86. The summed E-state index contributed by atoms with van der Waals surface area (Å²) in [6.45, 7) is 9.31. The molecule has 1 unspecified atom stereocenters. The summed E-state index contributed by atoms with van der Waals surface area (Å²) in [4.78, 5) is 16.8. The molecule has 17 heavy (non-hydrogen) atoms. The maximum atomic E-state index is 11.9. The topological polar surface area (TPSA) is 38.8 Å². The van der Waals surface area contributed by atoms with Crippen LogP contribution in [0.2, 0.25) is 0 Å². The molecule has 0 aromatic rings. The Labute approximate surface area is 106 Å². The minimum Gasteiger partial charge on any atom is -0.363 e. The van der Waals surface area contributed by atoms with Crippen molar-refractivity contribution in [2.45, 2.75) is 20.0 Å². The molecule has 0 bridgehead atoms. The lowest BCUT2D eigenvalue weighted by Gasteiger charge is -2.29. The number of hydrogen-bond acceptors (Lipinski definition) is 3. The monoisotopic (exact) mass is 257 g/mol. The molecule has 0 aliphatic rings.